The van der Waals surface area contributed by atoms with Crippen molar-refractivity contribution in [2.24, 2.45) is 0 Å². The first kappa shape index (κ1) is 12.5. The van der Waals surface area contributed by atoms with Crippen LogP contribution in [0.4, 0.5) is 0 Å². The largest absolute Gasteiger partial charge is 0.374 e. The Hall–Kier alpha value is -0.980. The molecule has 2 heterocycles. The van der Waals surface area contributed by atoms with Gasteiger partial charge < -0.3 is 14.6 Å². The molecule has 0 bridgehead atoms. The number of piperazine rings is 1. The molecule has 0 saturated carbocycles. The molecule has 0 spiro atoms. The average molecular weight is 240 g/mol. The third-order valence-electron chi connectivity index (χ3n) is 3.18. The first-order valence-corrected chi connectivity index (χ1v) is 6.00. The van der Waals surface area contributed by atoms with E-state index in [4.69, 9.17) is 9.26 Å². The minimum absolute atomic E-state index is 0.118. The molecule has 6 heteroatoms. The lowest BCUT2D eigenvalue weighted by Crippen LogP contribution is -2.49. The molecule has 1 N–H and O–H groups in total. The van der Waals surface area contributed by atoms with Gasteiger partial charge in [-0.2, -0.15) is 4.98 Å². The van der Waals surface area contributed by atoms with Gasteiger partial charge in [0.1, 0.15) is 6.10 Å². The van der Waals surface area contributed by atoms with E-state index in [1.807, 2.05) is 6.92 Å². The van der Waals surface area contributed by atoms with E-state index < -0.39 is 0 Å². The third kappa shape index (κ3) is 3.02. The van der Waals surface area contributed by atoms with Gasteiger partial charge >= 0.3 is 0 Å². The molecule has 2 rings (SSSR count). The molecule has 0 radical (unpaired) electrons. The van der Waals surface area contributed by atoms with E-state index in [0.717, 1.165) is 19.6 Å². The molecule has 96 valence electrons. The Balaban J connectivity index is 1.96. The highest BCUT2D eigenvalue weighted by Crippen LogP contribution is 2.14. The summed E-state index contributed by atoms with van der Waals surface area (Å²) in [4.78, 5) is 6.68. The summed E-state index contributed by atoms with van der Waals surface area (Å²) in [6.07, 6.45) is -0.118. The van der Waals surface area contributed by atoms with Gasteiger partial charge in [0.05, 0.1) is 6.54 Å². The van der Waals surface area contributed by atoms with Crippen LogP contribution in [-0.4, -0.2) is 47.8 Å². The normalized spacial score (nSPS) is 23.8. The van der Waals surface area contributed by atoms with Crippen molar-refractivity contribution < 1.29 is 9.26 Å². The molecule has 17 heavy (non-hydrogen) atoms. The fourth-order valence-corrected chi connectivity index (χ4v) is 1.89. The lowest BCUT2D eigenvalue weighted by atomic mass is 10.2. The van der Waals surface area contributed by atoms with Crippen molar-refractivity contribution in [2.45, 2.75) is 32.5 Å². The molecule has 6 nitrogen and oxygen atoms in total. The molecule has 1 saturated heterocycles. The van der Waals surface area contributed by atoms with Crippen LogP contribution in [0.1, 0.15) is 31.7 Å². The van der Waals surface area contributed by atoms with Gasteiger partial charge in [-0.1, -0.05) is 5.16 Å². The van der Waals surface area contributed by atoms with Crippen molar-refractivity contribution in [3.8, 4) is 0 Å². The van der Waals surface area contributed by atoms with E-state index >= 15 is 0 Å². The minimum atomic E-state index is -0.118. The predicted molar refractivity (Wildman–Crippen MR) is 62.5 cm³/mol. The maximum absolute atomic E-state index is 5.24. The van der Waals surface area contributed by atoms with Gasteiger partial charge in [-0.15, -0.1) is 0 Å². The van der Waals surface area contributed by atoms with Gasteiger partial charge in [0, 0.05) is 32.8 Å². The zero-order valence-corrected chi connectivity index (χ0v) is 10.6. The molecular weight excluding hydrogens is 220 g/mol. The second-order valence-electron chi connectivity index (χ2n) is 4.45. The summed E-state index contributed by atoms with van der Waals surface area (Å²) in [6.45, 7) is 7.85. The Morgan fingerprint density at radius 1 is 1.65 bits per heavy atom. The first-order chi connectivity index (χ1) is 8.20. The highest BCUT2D eigenvalue weighted by Gasteiger charge is 2.21. The van der Waals surface area contributed by atoms with Crippen LogP contribution >= 0.6 is 0 Å². The van der Waals surface area contributed by atoms with Crippen LogP contribution < -0.4 is 5.32 Å². The molecule has 1 unspecified atom stereocenters. The second kappa shape index (κ2) is 5.57. The molecule has 1 aromatic rings. The summed E-state index contributed by atoms with van der Waals surface area (Å²) < 4.78 is 10.4. The van der Waals surface area contributed by atoms with Crippen LogP contribution in [0.3, 0.4) is 0 Å². The van der Waals surface area contributed by atoms with E-state index in [2.05, 4.69) is 27.3 Å². The van der Waals surface area contributed by atoms with E-state index in [1.54, 1.807) is 7.11 Å². The average Bonchev–Trinajstić information content (AvgIpc) is 2.80. The highest BCUT2D eigenvalue weighted by atomic mass is 16.5. The third-order valence-corrected chi connectivity index (χ3v) is 3.18. The van der Waals surface area contributed by atoms with Crippen LogP contribution in [0.25, 0.3) is 0 Å². The number of ether oxygens (including phenoxy) is 1. The number of nitrogens with zero attached hydrogens (tertiary/aromatic N) is 3. The van der Waals surface area contributed by atoms with E-state index in [1.165, 1.54) is 0 Å². The monoisotopic (exact) mass is 240 g/mol. The standard InChI is InChI=1S/C11H20N4O2/c1-8-6-12-4-5-15(8)7-10-13-11(14-17-10)9(2)16-3/h8-9,12H,4-7H2,1-3H3/t8-,9?/m0/s1. The van der Waals surface area contributed by atoms with Crippen molar-refractivity contribution in [3.63, 3.8) is 0 Å². The van der Waals surface area contributed by atoms with Gasteiger partial charge in [-0.3, -0.25) is 4.90 Å². The zero-order valence-electron chi connectivity index (χ0n) is 10.6. The number of hydrogen-bond acceptors (Lipinski definition) is 6. The second-order valence-corrected chi connectivity index (χ2v) is 4.45. The SMILES string of the molecule is COC(C)c1noc(CN2CCNC[C@@H]2C)n1. The van der Waals surface area contributed by atoms with Gasteiger partial charge in [-0.05, 0) is 13.8 Å². The molecule has 2 atom stereocenters. The number of hydrogen-bond donors (Lipinski definition) is 1. The summed E-state index contributed by atoms with van der Waals surface area (Å²) in [5.41, 5.74) is 0. The molecule has 0 aromatic carbocycles. The summed E-state index contributed by atoms with van der Waals surface area (Å²) in [5, 5.41) is 7.28. The fourth-order valence-electron chi connectivity index (χ4n) is 1.89. The zero-order chi connectivity index (χ0) is 12.3. The molecule has 0 amide bonds. The molecule has 1 aliphatic heterocycles. The van der Waals surface area contributed by atoms with Crippen LogP contribution in [0.2, 0.25) is 0 Å². The molecular formula is C11H20N4O2. The van der Waals surface area contributed by atoms with Crippen molar-refractivity contribution in [1.29, 1.82) is 0 Å². The number of rotatable bonds is 4. The van der Waals surface area contributed by atoms with Crippen molar-refractivity contribution in [2.75, 3.05) is 26.7 Å². The van der Waals surface area contributed by atoms with Crippen LogP contribution in [0.5, 0.6) is 0 Å². The molecule has 1 fully saturated rings. The van der Waals surface area contributed by atoms with E-state index in [0.29, 0.717) is 24.3 Å². The van der Waals surface area contributed by atoms with Gasteiger partial charge in [0.25, 0.3) is 0 Å². The van der Waals surface area contributed by atoms with Gasteiger partial charge in [0.2, 0.25) is 5.89 Å². The van der Waals surface area contributed by atoms with Crippen molar-refractivity contribution >= 4 is 0 Å². The van der Waals surface area contributed by atoms with E-state index in [9.17, 15) is 0 Å². The summed E-state index contributed by atoms with van der Waals surface area (Å²) in [6, 6.07) is 0.499. The highest BCUT2D eigenvalue weighted by molar-refractivity contribution is 4.91. The first-order valence-electron chi connectivity index (χ1n) is 6.00. The maximum Gasteiger partial charge on any atom is 0.240 e. The van der Waals surface area contributed by atoms with Crippen LogP contribution in [0, 0.1) is 0 Å². The number of nitrogens with one attached hydrogen (secondary N) is 1. The lowest BCUT2D eigenvalue weighted by Gasteiger charge is -2.32. The lowest BCUT2D eigenvalue weighted by molar-refractivity contribution is 0.109. The number of methoxy groups -OCH3 is 1. The maximum atomic E-state index is 5.24. The van der Waals surface area contributed by atoms with Crippen LogP contribution in [-0.2, 0) is 11.3 Å². The Morgan fingerprint density at radius 2 is 2.47 bits per heavy atom. The Bertz CT molecular complexity index is 355. The number of aromatic nitrogens is 2. The summed E-state index contributed by atoms with van der Waals surface area (Å²) >= 11 is 0. The predicted octanol–water partition coefficient (Wildman–Crippen LogP) is 0.571. The fraction of sp³-hybridized carbons (Fsp3) is 0.818. The van der Waals surface area contributed by atoms with Gasteiger partial charge in [0.15, 0.2) is 5.82 Å². The molecule has 1 aromatic heterocycles. The Kier molecular flexibility index (Phi) is 4.09. The molecule has 0 aliphatic carbocycles. The quantitative estimate of drug-likeness (QED) is 0.830. The Labute approximate surface area is 101 Å². The topological polar surface area (TPSA) is 63.4 Å². The molecule has 1 aliphatic rings. The summed E-state index contributed by atoms with van der Waals surface area (Å²) in [7, 11) is 1.64. The van der Waals surface area contributed by atoms with Crippen molar-refractivity contribution in [3.05, 3.63) is 11.7 Å². The van der Waals surface area contributed by atoms with Crippen molar-refractivity contribution in [1.82, 2.24) is 20.4 Å². The van der Waals surface area contributed by atoms with E-state index in [-0.39, 0.29) is 6.10 Å². The summed E-state index contributed by atoms with van der Waals surface area (Å²) in [5.74, 6) is 1.28. The smallest absolute Gasteiger partial charge is 0.240 e. The van der Waals surface area contributed by atoms with Gasteiger partial charge in [-0.25, -0.2) is 0 Å². The van der Waals surface area contributed by atoms with Crippen LogP contribution in [0.15, 0.2) is 4.52 Å². The Morgan fingerprint density at radius 3 is 3.18 bits per heavy atom. The minimum Gasteiger partial charge on any atom is -0.374 e.